The van der Waals surface area contributed by atoms with Crippen molar-refractivity contribution in [1.82, 2.24) is 0 Å². The number of thioether (sulfide) groups is 1. The first-order valence-electron chi connectivity index (χ1n) is 5.95. The van der Waals surface area contributed by atoms with Crippen LogP contribution in [0.4, 0.5) is 0 Å². The van der Waals surface area contributed by atoms with Crippen LogP contribution in [-0.4, -0.2) is 28.8 Å². The smallest absolute Gasteiger partial charge is 0.211 e. The van der Waals surface area contributed by atoms with E-state index in [0.29, 0.717) is 12.2 Å². The molecule has 18 heavy (non-hydrogen) atoms. The summed E-state index contributed by atoms with van der Waals surface area (Å²) in [6.07, 6.45) is 0.538. The van der Waals surface area contributed by atoms with E-state index in [2.05, 4.69) is 0 Å². The van der Waals surface area contributed by atoms with Crippen LogP contribution in [0.2, 0.25) is 0 Å². The number of nitrogens with zero attached hydrogens (tertiary/aromatic N) is 1. The summed E-state index contributed by atoms with van der Waals surface area (Å²) in [6, 6.07) is 9.36. The molecule has 1 aliphatic heterocycles. The van der Waals surface area contributed by atoms with Crippen LogP contribution in [0.3, 0.4) is 0 Å². The Morgan fingerprint density at radius 2 is 2.11 bits per heavy atom. The molecule has 0 spiro atoms. The van der Waals surface area contributed by atoms with Crippen LogP contribution >= 0.6 is 11.8 Å². The van der Waals surface area contributed by atoms with Gasteiger partial charge in [-0.1, -0.05) is 30.3 Å². The van der Waals surface area contributed by atoms with E-state index in [9.17, 15) is 14.9 Å². The zero-order valence-corrected chi connectivity index (χ0v) is 10.8. The lowest BCUT2D eigenvalue weighted by Crippen LogP contribution is -2.32. The van der Waals surface area contributed by atoms with Crippen LogP contribution in [-0.2, 0) is 4.79 Å². The van der Waals surface area contributed by atoms with E-state index in [-0.39, 0.29) is 29.1 Å². The van der Waals surface area contributed by atoms with E-state index in [1.165, 1.54) is 0 Å². The summed E-state index contributed by atoms with van der Waals surface area (Å²) in [5, 5.41) is 10.8. The molecule has 0 N–H and O–H groups in total. The molecule has 0 radical (unpaired) electrons. The number of carbonyl (C=O) groups is 1. The Morgan fingerprint density at radius 3 is 2.72 bits per heavy atom. The van der Waals surface area contributed by atoms with Gasteiger partial charge in [0.25, 0.3) is 0 Å². The van der Waals surface area contributed by atoms with Crippen molar-refractivity contribution in [3.8, 4) is 0 Å². The predicted octanol–water partition coefficient (Wildman–Crippen LogP) is 2.37. The van der Waals surface area contributed by atoms with Gasteiger partial charge in [-0.15, -0.1) is 0 Å². The van der Waals surface area contributed by atoms with Crippen molar-refractivity contribution in [1.29, 1.82) is 0 Å². The van der Waals surface area contributed by atoms with Crippen LogP contribution in [0, 0.1) is 16.0 Å². The number of hydrogen-bond acceptors (Lipinski definition) is 4. The number of rotatable bonds is 4. The number of Topliss-reactive ketones (excluding diaryl/α,β-unsaturated/α-hetero) is 1. The van der Waals surface area contributed by atoms with Gasteiger partial charge < -0.3 is 0 Å². The van der Waals surface area contributed by atoms with E-state index in [4.69, 9.17) is 0 Å². The molecule has 96 valence electrons. The van der Waals surface area contributed by atoms with Crippen molar-refractivity contribution >= 4 is 17.5 Å². The van der Waals surface area contributed by atoms with E-state index in [1.807, 2.05) is 30.3 Å². The summed E-state index contributed by atoms with van der Waals surface area (Å²) < 4.78 is 0. The Balaban J connectivity index is 2.24. The summed E-state index contributed by atoms with van der Waals surface area (Å²) in [7, 11) is 0. The van der Waals surface area contributed by atoms with Crippen molar-refractivity contribution in [2.45, 2.75) is 12.3 Å². The first kappa shape index (κ1) is 13.1. The minimum Gasteiger partial charge on any atom is -0.299 e. The fourth-order valence-corrected chi connectivity index (χ4v) is 3.51. The van der Waals surface area contributed by atoms with Crippen molar-refractivity contribution in [3.05, 3.63) is 46.0 Å². The van der Waals surface area contributed by atoms with Gasteiger partial charge in [0.1, 0.15) is 5.78 Å². The molecule has 4 nitrogen and oxygen atoms in total. The zero-order valence-electron chi connectivity index (χ0n) is 9.95. The lowest BCUT2D eigenvalue weighted by atomic mass is 9.83. The molecule has 0 bridgehead atoms. The number of ketones is 1. The molecule has 2 atom stereocenters. The SMILES string of the molecule is O=C1CCSC[C@@H]1[C@H](C[N+](=O)[O-])c1ccccc1. The second-order valence-electron chi connectivity index (χ2n) is 4.43. The average molecular weight is 265 g/mol. The normalized spacial score (nSPS) is 21.6. The Morgan fingerprint density at radius 1 is 1.39 bits per heavy atom. The van der Waals surface area contributed by atoms with Crippen molar-refractivity contribution in [2.75, 3.05) is 18.1 Å². The molecule has 5 heteroatoms. The molecule has 2 rings (SSSR count). The molecule has 0 saturated carbocycles. The van der Waals surface area contributed by atoms with Crippen molar-refractivity contribution < 1.29 is 9.72 Å². The quantitative estimate of drug-likeness (QED) is 0.619. The topological polar surface area (TPSA) is 60.2 Å². The Labute approximate surface area is 110 Å². The zero-order chi connectivity index (χ0) is 13.0. The average Bonchev–Trinajstić information content (AvgIpc) is 2.38. The minimum atomic E-state index is -0.315. The van der Waals surface area contributed by atoms with E-state index in [0.717, 1.165) is 11.3 Å². The first-order valence-corrected chi connectivity index (χ1v) is 7.11. The maximum Gasteiger partial charge on any atom is 0.211 e. The van der Waals surface area contributed by atoms with Crippen molar-refractivity contribution in [2.24, 2.45) is 5.92 Å². The lowest BCUT2D eigenvalue weighted by molar-refractivity contribution is -0.484. The highest BCUT2D eigenvalue weighted by Gasteiger charge is 2.34. The molecule has 1 aliphatic rings. The summed E-state index contributed by atoms with van der Waals surface area (Å²) >= 11 is 1.71. The van der Waals surface area contributed by atoms with Crippen LogP contribution in [0.5, 0.6) is 0 Å². The van der Waals surface area contributed by atoms with Crippen LogP contribution in [0.25, 0.3) is 0 Å². The molecule has 0 unspecified atom stereocenters. The van der Waals surface area contributed by atoms with Gasteiger partial charge in [-0.3, -0.25) is 14.9 Å². The molecular formula is C13H15NO3S. The van der Waals surface area contributed by atoms with Crippen molar-refractivity contribution in [3.63, 3.8) is 0 Å². The summed E-state index contributed by atoms with van der Waals surface area (Å²) in [5.41, 5.74) is 0.898. The van der Waals surface area contributed by atoms with E-state index >= 15 is 0 Å². The Bertz CT molecular complexity index is 435. The molecule has 0 aliphatic carbocycles. The Hall–Kier alpha value is -1.36. The van der Waals surface area contributed by atoms with Gasteiger partial charge >= 0.3 is 0 Å². The van der Waals surface area contributed by atoms with Gasteiger partial charge in [0.15, 0.2) is 0 Å². The molecule has 0 aromatic heterocycles. The van der Waals surface area contributed by atoms with Gasteiger partial charge in [-0.25, -0.2) is 0 Å². The third kappa shape index (κ3) is 3.10. The second kappa shape index (κ2) is 6.00. The largest absolute Gasteiger partial charge is 0.299 e. The fourth-order valence-electron chi connectivity index (χ4n) is 2.33. The molecule has 0 amide bonds. The highest BCUT2D eigenvalue weighted by atomic mass is 32.2. The number of hydrogen-bond donors (Lipinski definition) is 0. The fraction of sp³-hybridized carbons (Fsp3) is 0.462. The number of benzene rings is 1. The monoisotopic (exact) mass is 265 g/mol. The standard InChI is InChI=1S/C13H15NO3S/c15-13-6-7-18-9-12(13)11(8-14(16)17)10-4-2-1-3-5-10/h1-5,11-12H,6-9H2/t11-,12-/m1/s1. The summed E-state index contributed by atoms with van der Waals surface area (Å²) in [5.74, 6) is 1.21. The molecule has 1 saturated heterocycles. The van der Waals surface area contributed by atoms with Gasteiger partial charge in [-0.05, 0) is 5.56 Å². The van der Waals surface area contributed by atoms with Gasteiger partial charge in [0.2, 0.25) is 6.54 Å². The molecule has 1 aromatic carbocycles. The van der Waals surface area contributed by atoms with Gasteiger partial charge in [0.05, 0.1) is 5.92 Å². The number of nitro groups is 1. The van der Waals surface area contributed by atoms with Crippen LogP contribution in [0.15, 0.2) is 30.3 Å². The third-order valence-corrected chi connectivity index (χ3v) is 4.35. The third-order valence-electron chi connectivity index (χ3n) is 3.26. The lowest BCUT2D eigenvalue weighted by Gasteiger charge is -2.26. The summed E-state index contributed by atoms with van der Waals surface area (Å²) in [6.45, 7) is -0.166. The minimum absolute atomic E-state index is 0.166. The van der Waals surface area contributed by atoms with E-state index < -0.39 is 0 Å². The van der Waals surface area contributed by atoms with E-state index in [1.54, 1.807) is 11.8 Å². The van der Waals surface area contributed by atoms with Gasteiger partial charge in [0, 0.05) is 28.8 Å². The Kier molecular flexibility index (Phi) is 4.36. The van der Waals surface area contributed by atoms with Gasteiger partial charge in [-0.2, -0.15) is 11.8 Å². The number of carbonyl (C=O) groups excluding carboxylic acids is 1. The highest BCUT2D eigenvalue weighted by molar-refractivity contribution is 7.99. The maximum atomic E-state index is 12.0. The second-order valence-corrected chi connectivity index (χ2v) is 5.58. The summed E-state index contributed by atoms with van der Waals surface area (Å²) in [4.78, 5) is 22.5. The van der Waals surface area contributed by atoms with Crippen LogP contribution in [0.1, 0.15) is 17.9 Å². The van der Waals surface area contributed by atoms with Crippen LogP contribution < -0.4 is 0 Å². The first-order chi connectivity index (χ1) is 8.68. The maximum absolute atomic E-state index is 12.0. The molecule has 1 heterocycles. The predicted molar refractivity (Wildman–Crippen MR) is 71.5 cm³/mol. The molecular weight excluding hydrogens is 250 g/mol. The molecule has 1 fully saturated rings. The highest BCUT2D eigenvalue weighted by Crippen LogP contribution is 2.32. The molecule has 1 aromatic rings.